The van der Waals surface area contributed by atoms with E-state index in [0.717, 1.165) is 96.3 Å². The first-order valence-corrected chi connectivity index (χ1v) is 34.9. The van der Waals surface area contributed by atoms with Crippen LogP contribution in [0.25, 0.3) is 0 Å². The van der Waals surface area contributed by atoms with Crippen molar-refractivity contribution in [1.82, 2.24) is 0 Å². The third kappa shape index (κ3) is 65.7. The molecule has 0 heterocycles. The van der Waals surface area contributed by atoms with Gasteiger partial charge in [-0.05, 0) is 96.3 Å². The molecule has 484 valence electrons. The van der Waals surface area contributed by atoms with Crippen LogP contribution in [0, 0.1) is 0 Å². The predicted octanol–water partition coefficient (Wildman–Crippen LogP) is 21.6. The van der Waals surface area contributed by atoms with Crippen molar-refractivity contribution >= 4 is 17.9 Å². The summed E-state index contributed by atoms with van der Waals surface area (Å²) in [5.41, 5.74) is 0. The molecule has 0 saturated heterocycles. The number of nitrogens with zero attached hydrogens (tertiary/aromatic N) is 1. The van der Waals surface area contributed by atoms with E-state index in [1.807, 2.05) is 21.1 Å². The van der Waals surface area contributed by atoms with Crippen molar-refractivity contribution in [3.63, 3.8) is 0 Å². The Labute approximate surface area is 518 Å². The smallest absolute Gasteiger partial charge is 0.361 e. The summed E-state index contributed by atoms with van der Waals surface area (Å²) in [6.07, 6.45) is 86.7. The minimum atomic E-state index is -1.51. The average Bonchev–Trinajstić information content (AvgIpc) is 3.52. The highest BCUT2D eigenvalue weighted by atomic mass is 16.7. The summed E-state index contributed by atoms with van der Waals surface area (Å²) in [7, 11) is 5.98. The topological polar surface area (TPSA) is 108 Å². The van der Waals surface area contributed by atoms with Crippen molar-refractivity contribution in [2.45, 2.75) is 315 Å². The van der Waals surface area contributed by atoms with Crippen molar-refractivity contribution in [2.24, 2.45) is 0 Å². The predicted molar refractivity (Wildman–Crippen MR) is 359 cm³/mol. The molecular formula is C75H132NO8+. The Hall–Kier alpha value is -3.79. The quantitative estimate of drug-likeness (QED) is 0.0211. The largest absolute Gasteiger partial charge is 0.477 e. The standard InChI is InChI=1S/C75H131NO8/c1-6-8-10-12-14-16-18-20-22-24-26-27-28-29-30-31-32-33-34-35-36-37-38-39-40-41-42-43-44-45-46-47-48-50-52-54-56-58-60-62-64-66-73(78)84-71(70-83-75(74(79)80)81-68-67-76(3,4)5)69-82-72(77)65-63-61-59-57-55-53-51-49-25-23-21-19-17-15-13-11-9-7-2/h8,10,14,16-17,19-20,22-23,25-27,29-30,32-33,71,75H,6-7,9,11-13,15,18,21,24,28,31,34-70H2,1-5H3/p+1/b10-8-,16-14-,19-17-,22-20-,25-23-,27-26-,30-29-,33-32-. The van der Waals surface area contributed by atoms with E-state index in [4.69, 9.17) is 18.9 Å². The number of carboxylic acid groups (broad SMARTS) is 1. The lowest BCUT2D eigenvalue weighted by Gasteiger charge is -2.25. The molecule has 2 unspecified atom stereocenters. The second kappa shape index (κ2) is 65.2. The highest BCUT2D eigenvalue weighted by molar-refractivity contribution is 5.71. The number of carbonyl (C=O) groups excluding carboxylic acids is 2. The van der Waals surface area contributed by atoms with Crippen LogP contribution in [0.2, 0.25) is 0 Å². The van der Waals surface area contributed by atoms with Gasteiger partial charge in [0, 0.05) is 12.8 Å². The number of hydrogen-bond acceptors (Lipinski definition) is 7. The number of likely N-dealkylation sites (N-methyl/N-ethyl adjacent to an activating group) is 1. The van der Waals surface area contributed by atoms with Crippen LogP contribution in [-0.2, 0) is 33.3 Å². The highest BCUT2D eigenvalue weighted by Gasteiger charge is 2.25. The van der Waals surface area contributed by atoms with Crippen molar-refractivity contribution in [1.29, 1.82) is 0 Å². The first-order valence-electron chi connectivity index (χ1n) is 34.9. The lowest BCUT2D eigenvalue weighted by Crippen LogP contribution is -2.40. The average molecular weight is 1180 g/mol. The lowest BCUT2D eigenvalue weighted by atomic mass is 10.0. The van der Waals surface area contributed by atoms with E-state index in [2.05, 4.69) is 111 Å². The van der Waals surface area contributed by atoms with Gasteiger partial charge in [0.25, 0.3) is 6.29 Å². The molecule has 0 saturated carbocycles. The van der Waals surface area contributed by atoms with Gasteiger partial charge < -0.3 is 28.5 Å². The van der Waals surface area contributed by atoms with E-state index in [-0.39, 0.29) is 32.2 Å². The number of hydrogen-bond donors (Lipinski definition) is 1. The zero-order valence-corrected chi connectivity index (χ0v) is 55.3. The summed E-state index contributed by atoms with van der Waals surface area (Å²) < 4.78 is 22.9. The summed E-state index contributed by atoms with van der Waals surface area (Å²) >= 11 is 0. The third-order valence-electron chi connectivity index (χ3n) is 15.1. The van der Waals surface area contributed by atoms with Gasteiger partial charge in [-0.3, -0.25) is 9.59 Å². The fourth-order valence-electron chi connectivity index (χ4n) is 9.76. The molecule has 0 aromatic carbocycles. The molecule has 9 heteroatoms. The molecule has 0 aliphatic carbocycles. The molecule has 0 rings (SSSR count). The minimum absolute atomic E-state index is 0.185. The van der Waals surface area contributed by atoms with E-state index >= 15 is 0 Å². The molecule has 0 bridgehead atoms. The molecule has 0 aliphatic rings. The Bertz CT molecular complexity index is 1700. The van der Waals surface area contributed by atoms with Gasteiger partial charge in [-0.25, -0.2) is 4.79 Å². The molecule has 0 spiro atoms. The molecule has 84 heavy (non-hydrogen) atoms. The van der Waals surface area contributed by atoms with Gasteiger partial charge in [0.05, 0.1) is 34.4 Å². The number of esters is 2. The van der Waals surface area contributed by atoms with Crippen molar-refractivity contribution in [3.8, 4) is 0 Å². The minimum Gasteiger partial charge on any atom is -0.477 e. The lowest BCUT2D eigenvalue weighted by molar-refractivity contribution is -0.870. The first kappa shape index (κ1) is 80.2. The Morgan fingerprint density at radius 1 is 0.369 bits per heavy atom. The van der Waals surface area contributed by atoms with Crippen LogP contribution < -0.4 is 0 Å². The Balaban J connectivity index is 4.00. The Kier molecular flexibility index (Phi) is 62.2. The zero-order valence-electron chi connectivity index (χ0n) is 55.3. The van der Waals surface area contributed by atoms with Crippen LogP contribution in [0.5, 0.6) is 0 Å². The maximum absolute atomic E-state index is 12.9. The van der Waals surface area contributed by atoms with Crippen LogP contribution in [0.4, 0.5) is 0 Å². The normalized spacial score (nSPS) is 13.3. The Morgan fingerprint density at radius 2 is 0.679 bits per heavy atom. The second-order valence-corrected chi connectivity index (χ2v) is 24.5. The molecule has 0 aromatic heterocycles. The molecule has 0 aliphatic heterocycles. The number of ether oxygens (including phenoxy) is 4. The van der Waals surface area contributed by atoms with Crippen molar-refractivity contribution < 1.29 is 42.9 Å². The number of carbonyl (C=O) groups is 3. The maximum Gasteiger partial charge on any atom is 0.361 e. The summed E-state index contributed by atoms with van der Waals surface area (Å²) in [6, 6.07) is 0. The fourth-order valence-corrected chi connectivity index (χ4v) is 9.76. The number of carboxylic acids is 1. The van der Waals surface area contributed by atoms with Gasteiger partial charge in [0.1, 0.15) is 13.2 Å². The zero-order chi connectivity index (χ0) is 61.2. The maximum atomic E-state index is 12.9. The summed E-state index contributed by atoms with van der Waals surface area (Å²) in [5.74, 6) is -2.00. The Morgan fingerprint density at radius 3 is 1.01 bits per heavy atom. The van der Waals surface area contributed by atoms with Gasteiger partial charge in [0.15, 0.2) is 6.10 Å². The fraction of sp³-hybridized carbons (Fsp3) is 0.747. The van der Waals surface area contributed by atoms with E-state index in [1.165, 1.54) is 180 Å². The molecule has 0 amide bonds. The number of unbranched alkanes of at least 4 members (excludes halogenated alkanes) is 33. The molecule has 0 aromatic rings. The number of allylic oxidation sites excluding steroid dienone is 16. The van der Waals surface area contributed by atoms with Crippen LogP contribution in [0.3, 0.4) is 0 Å². The summed E-state index contributed by atoms with van der Waals surface area (Å²) in [6.45, 7) is 4.76. The molecule has 0 radical (unpaired) electrons. The van der Waals surface area contributed by atoms with E-state index in [9.17, 15) is 19.5 Å². The van der Waals surface area contributed by atoms with Crippen LogP contribution >= 0.6 is 0 Å². The van der Waals surface area contributed by atoms with E-state index in [0.29, 0.717) is 17.4 Å². The van der Waals surface area contributed by atoms with Gasteiger partial charge >= 0.3 is 17.9 Å². The van der Waals surface area contributed by atoms with E-state index < -0.39 is 24.3 Å². The van der Waals surface area contributed by atoms with Gasteiger partial charge in [-0.2, -0.15) is 0 Å². The monoisotopic (exact) mass is 1170 g/mol. The van der Waals surface area contributed by atoms with E-state index in [1.54, 1.807) is 0 Å². The van der Waals surface area contributed by atoms with Crippen LogP contribution in [0.1, 0.15) is 303 Å². The second-order valence-electron chi connectivity index (χ2n) is 24.5. The molecular weight excluding hydrogens is 1040 g/mol. The van der Waals surface area contributed by atoms with Crippen LogP contribution in [0.15, 0.2) is 97.2 Å². The van der Waals surface area contributed by atoms with Gasteiger partial charge in [0.2, 0.25) is 0 Å². The van der Waals surface area contributed by atoms with Crippen LogP contribution in [-0.4, -0.2) is 87.4 Å². The number of quaternary nitrogens is 1. The highest BCUT2D eigenvalue weighted by Crippen LogP contribution is 2.17. The molecule has 1 N–H and O–H groups in total. The van der Waals surface area contributed by atoms with Gasteiger partial charge in [-0.15, -0.1) is 0 Å². The van der Waals surface area contributed by atoms with Crippen molar-refractivity contribution in [2.75, 3.05) is 47.5 Å². The summed E-state index contributed by atoms with van der Waals surface area (Å²) in [5, 5.41) is 9.73. The number of aliphatic carboxylic acids is 1. The summed E-state index contributed by atoms with van der Waals surface area (Å²) in [4.78, 5) is 37.5. The molecule has 9 nitrogen and oxygen atoms in total. The molecule has 0 fully saturated rings. The first-order chi connectivity index (χ1) is 41.1. The van der Waals surface area contributed by atoms with Gasteiger partial charge in [-0.1, -0.05) is 291 Å². The van der Waals surface area contributed by atoms with Crippen molar-refractivity contribution in [3.05, 3.63) is 97.2 Å². The number of rotatable bonds is 64. The molecule has 2 atom stereocenters. The SMILES string of the molecule is CC/C=C\C/C=C\C/C=C\C/C=C\C/C=C\C/C=C\CCCCCCCCCCCCCCCCCCCCCCCCC(=O)OC(COC(=O)CCCCCCCCC/C=C\C/C=C\CCCCCC)COC(OCC[N+](C)(C)C)C(=O)O. The third-order valence-corrected chi connectivity index (χ3v) is 15.1.